The lowest BCUT2D eigenvalue weighted by atomic mass is 9.88. The number of thiophene rings is 1. The lowest BCUT2D eigenvalue weighted by molar-refractivity contribution is -0.137. The Hall–Kier alpha value is -3.87. The number of nitrogens with two attached hydrogens (primary N) is 1. The van der Waals surface area contributed by atoms with Crippen LogP contribution in [0.15, 0.2) is 18.2 Å². The zero-order valence-corrected chi connectivity index (χ0v) is 25.3. The molecule has 8 nitrogen and oxygen atoms in total. The van der Waals surface area contributed by atoms with Gasteiger partial charge < -0.3 is 20.5 Å². The highest BCUT2D eigenvalue weighted by molar-refractivity contribution is 7.23. The van der Waals surface area contributed by atoms with E-state index in [1.807, 2.05) is 11.0 Å². The summed E-state index contributed by atoms with van der Waals surface area (Å²) < 4.78 is 96.2. The molecule has 0 radical (unpaired) electrons. The molecule has 1 saturated carbocycles. The van der Waals surface area contributed by atoms with Crippen LogP contribution in [0.3, 0.4) is 0 Å². The molecule has 3 fully saturated rings. The number of rotatable bonds is 6. The Bertz CT molecular complexity index is 1920. The second-order valence-electron chi connectivity index (χ2n) is 12.3. The van der Waals surface area contributed by atoms with E-state index < -0.39 is 52.3 Å². The van der Waals surface area contributed by atoms with Gasteiger partial charge in [0.25, 0.3) is 0 Å². The number of ether oxygens (including phenoxy) is 1. The van der Waals surface area contributed by atoms with E-state index in [0.29, 0.717) is 37.1 Å². The minimum Gasteiger partial charge on any atom is -0.461 e. The molecule has 0 bridgehead atoms. The van der Waals surface area contributed by atoms with Crippen LogP contribution in [0.1, 0.15) is 43.2 Å². The van der Waals surface area contributed by atoms with E-state index in [1.165, 1.54) is 0 Å². The van der Waals surface area contributed by atoms with Crippen LogP contribution in [0.2, 0.25) is 0 Å². The van der Waals surface area contributed by atoms with Gasteiger partial charge in [-0.15, -0.1) is 11.3 Å². The summed E-state index contributed by atoms with van der Waals surface area (Å²) in [6, 6.07) is 3.85. The summed E-state index contributed by atoms with van der Waals surface area (Å²) >= 11 is 0.682. The zero-order valence-electron chi connectivity index (χ0n) is 24.5. The molecular weight excluding hydrogens is 634 g/mol. The molecule has 0 unspecified atom stereocenters. The molecule has 7 rings (SSSR count). The number of nitriles is 1. The van der Waals surface area contributed by atoms with Crippen molar-refractivity contribution in [2.75, 3.05) is 37.4 Å². The summed E-state index contributed by atoms with van der Waals surface area (Å²) in [5, 5.41) is 19.1. The monoisotopic (exact) mass is 662 g/mol. The predicted octanol–water partition coefficient (Wildman–Crippen LogP) is 6.18. The number of aliphatic hydroxyl groups is 1. The number of halogens is 6. The van der Waals surface area contributed by atoms with E-state index in [1.54, 1.807) is 11.9 Å². The number of alkyl halides is 4. The van der Waals surface area contributed by atoms with Crippen molar-refractivity contribution in [1.82, 2.24) is 14.9 Å². The number of hydrogen-bond donors (Lipinski definition) is 2. The molecule has 1 aliphatic carbocycles. The maximum atomic E-state index is 16.8. The van der Waals surface area contributed by atoms with Crippen molar-refractivity contribution in [1.29, 1.82) is 5.26 Å². The number of benzene rings is 2. The van der Waals surface area contributed by atoms with Gasteiger partial charge in [0.1, 0.15) is 41.0 Å². The van der Waals surface area contributed by atoms with Crippen molar-refractivity contribution in [2.45, 2.75) is 62.1 Å². The van der Waals surface area contributed by atoms with E-state index in [2.05, 4.69) is 9.97 Å². The van der Waals surface area contributed by atoms with Crippen molar-refractivity contribution in [2.24, 2.45) is 0 Å². The van der Waals surface area contributed by atoms with Crippen LogP contribution < -0.4 is 15.4 Å². The third-order valence-electron chi connectivity index (χ3n) is 9.60. The maximum Gasteiger partial charge on any atom is 0.417 e. The second kappa shape index (κ2) is 10.9. The number of nitrogen functional groups attached to an aromatic ring is 1. The third-order valence-corrected chi connectivity index (χ3v) is 10.6. The minimum absolute atomic E-state index is 0.00235. The Morgan fingerprint density at radius 1 is 1.26 bits per heavy atom. The maximum absolute atomic E-state index is 16.8. The molecule has 46 heavy (non-hydrogen) atoms. The van der Waals surface area contributed by atoms with Crippen LogP contribution in [-0.2, 0) is 6.18 Å². The van der Waals surface area contributed by atoms with Crippen LogP contribution in [0.4, 0.5) is 37.2 Å². The first-order valence-corrected chi connectivity index (χ1v) is 15.6. The summed E-state index contributed by atoms with van der Waals surface area (Å²) in [6.45, 7) is 0.960. The smallest absolute Gasteiger partial charge is 0.417 e. The van der Waals surface area contributed by atoms with E-state index in [9.17, 15) is 32.3 Å². The third kappa shape index (κ3) is 4.80. The molecule has 2 aromatic heterocycles. The number of aliphatic hydroxyl groups excluding tert-OH is 1. The Morgan fingerprint density at radius 2 is 2.02 bits per heavy atom. The van der Waals surface area contributed by atoms with Gasteiger partial charge in [-0.2, -0.15) is 28.4 Å². The van der Waals surface area contributed by atoms with Crippen LogP contribution >= 0.6 is 11.3 Å². The van der Waals surface area contributed by atoms with Crippen molar-refractivity contribution in [3.05, 3.63) is 41.0 Å². The summed E-state index contributed by atoms with van der Waals surface area (Å²) in [5.41, 5.74) is 1.91. The van der Waals surface area contributed by atoms with E-state index in [4.69, 9.17) is 10.5 Å². The topological polar surface area (TPSA) is 112 Å². The average molecular weight is 663 g/mol. The number of anilines is 2. The molecule has 3 N–H and O–H groups in total. The molecule has 242 valence electrons. The SMILES string of the molecule is CN(c1nc(OC[C@@]23CCCN2C[C@H](F)C3)nc2c(F)c(-c3ccc(F)c4sc(N)c(C#N)c34)c(C(F)(F)F)cc12)C1CC(O)C1. The van der Waals surface area contributed by atoms with Crippen LogP contribution in [-0.4, -0.2) is 70.6 Å². The number of hydrogen-bond acceptors (Lipinski definition) is 9. The first-order valence-electron chi connectivity index (χ1n) is 14.8. The van der Waals surface area contributed by atoms with Gasteiger partial charge in [0.15, 0.2) is 5.82 Å². The normalized spacial score (nSPS) is 24.7. The molecular formula is C31H28F6N6O2S. The first-order chi connectivity index (χ1) is 21.8. The van der Waals surface area contributed by atoms with Crippen LogP contribution in [0, 0.1) is 23.0 Å². The van der Waals surface area contributed by atoms with Gasteiger partial charge in [-0.3, -0.25) is 4.90 Å². The highest BCUT2D eigenvalue weighted by Crippen LogP contribution is 2.48. The second-order valence-corrected chi connectivity index (χ2v) is 13.4. The molecule has 15 heteroatoms. The fraction of sp³-hybridized carbons (Fsp3) is 0.452. The molecule has 2 aromatic carbocycles. The van der Waals surface area contributed by atoms with Gasteiger partial charge in [0.2, 0.25) is 0 Å². The quantitative estimate of drug-likeness (QED) is 0.236. The van der Waals surface area contributed by atoms with Crippen LogP contribution in [0.25, 0.3) is 32.1 Å². The summed E-state index contributed by atoms with van der Waals surface area (Å²) in [6.07, 6.45) is -4.31. The Kier molecular flexibility index (Phi) is 7.26. The van der Waals surface area contributed by atoms with E-state index >= 15 is 4.39 Å². The van der Waals surface area contributed by atoms with Gasteiger partial charge in [-0.1, -0.05) is 6.07 Å². The zero-order chi connectivity index (χ0) is 32.7. The van der Waals surface area contributed by atoms with E-state index in [0.717, 1.165) is 24.6 Å². The Morgan fingerprint density at radius 3 is 2.72 bits per heavy atom. The predicted molar refractivity (Wildman–Crippen MR) is 160 cm³/mol. The van der Waals surface area contributed by atoms with Crippen molar-refractivity contribution in [3.63, 3.8) is 0 Å². The van der Waals surface area contributed by atoms with Crippen LogP contribution in [0.5, 0.6) is 6.01 Å². The fourth-order valence-electron chi connectivity index (χ4n) is 7.22. The molecule has 2 saturated heterocycles. The highest BCUT2D eigenvalue weighted by atomic mass is 32.1. The molecule has 4 aromatic rings. The largest absolute Gasteiger partial charge is 0.461 e. The molecule has 2 aliphatic heterocycles. The Balaban J connectivity index is 1.45. The first kappa shape index (κ1) is 30.8. The van der Waals surface area contributed by atoms with Gasteiger partial charge in [0.05, 0.1) is 27.5 Å². The highest BCUT2D eigenvalue weighted by Gasteiger charge is 2.49. The van der Waals surface area contributed by atoms with Gasteiger partial charge in [-0.05, 0) is 49.9 Å². The minimum atomic E-state index is -5.09. The van der Waals surface area contributed by atoms with Gasteiger partial charge in [0, 0.05) is 42.4 Å². The summed E-state index contributed by atoms with van der Waals surface area (Å²) in [5.74, 6) is -2.23. The average Bonchev–Trinajstić information content (AvgIpc) is 3.63. The lowest BCUT2D eigenvalue weighted by Gasteiger charge is -2.39. The molecule has 2 atom stereocenters. The van der Waals surface area contributed by atoms with Crippen molar-refractivity contribution < 1.29 is 36.2 Å². The molecule has 0 spiro atoms. The Labute approximate surface area is 263 Å². The molecule has 3 aliphatic rings. The molecule has 0 amide bonds. The fourth-order valence-corrected chi connectivity index (χ4v) is 8.17. The molecule has 4 heterocycles. The number of fused-ring (bicyclic) bond motifs is 3. The number of aromatic nitrogens is 2. The number of nitrogens with zero attached hydrogens (tertiary/aromatic N) is 5. The van der Waals surface area contributed by atoms with Crippen molar-refractivity contribution >= 4 is 43.1 Å². The standard InChI is InChI=1S/C31H28F6N6O2S/c1-42(15-7-16(44)8-15)28-18-9-20(31(35,36)37)23(17-3-4-21(33)26-22(17)19(11-38)27(39)46-26)24(34)25(18)40-29(41-28)45-13-30-5-2-6-43(30)12-14(32)10-30/h3-4,9,14-16,44H,2,5-8,10,12-13,39H2,1H3/t14-,15?,16?,30+/m1/s1. The van der Waals surface area contributed by atoms with Gasteiger partial charge in [-0.25, -0.2) is 13.2 Å². The summed E-state index contributed by atoms with van der Waals surface area (Å²) in [7, 11) is 1.58. The summed E-state index contributed by atoms with van der Waals surface area (Å²) in [4.78, 5) is 12.3. The van der Waals surface area contributed by atoms with Gasteiger partial charge >= 0.3 is 12.2 Å². The lowest BCUT2D eigenvalue weighted by Crippen LogP contribution is -2.46. The van der Waals surface area contributed by atoms with Crippen molar-refractivity contribution in [3.8, 4) is 23.2 Å². The van der Waals surface area contributed by atoms with E-state index in [-0.39, 0.29) is 69.0 Å².